The van der Waals surface area contributed by atoms with E-state index in [9.17, 15) is 9.59 Å². The molecule has 1 fully saturated rings. The molecule has 0 atom stereocenters. The zero-order valence-electron chi connectivity index (χ0n) is 8.40. The molecule has 0 aromatic rings. The smallest absolute Gasteiger partial charge is 0.304 e. The van der Waals surface area contributed by atoms with Crippen LogP contribution < -0.4 is 0 Å². The Balaban J connectivity index is 2.42. The van der Waals surface area contributed by atoms with Crippen LogP contribution in [0.25, 0.3) is 0 Å². The number of hydrazine groups is 1. The van der Waals surface area contributed by atoms with Crippen LogP contribution in [-0.4, -0.2) is 46.6 Å². The monoisotopic (exact) mass is 200 g/mol. The summed E-state index contributed by atoms with van der Waals surface area (Å²) in [6, 6.07) is 0. The van der Waals surface area contributed by atoms with E-state index in [-0.39, 0.29) is 12.3 Å². The first-order valence-electron chi connectivity index (χ1n) is 4.92. The van der Waals surface area contributed by atoms with E-state index in [1.807, 2.05) is 11.9 Å². The minimum Gasteiger partial charge on any atom is -0.481 e. The first kappa shape index (κ1) is 11.0. The van der Waals surface area contributed by atoms with Crippen LogP contribution in [0.15, 0.2) is 0 Å². The summed E-state index contributed by atoms with van der Waals surface area (Å²) in [5.41, 5.74) is 0. The van der Waals surface area contributed by atoms with Crippen LogP contribution in [0.4, 0.5) is 0 Å². The summed E-state index contributed by atoms with van der Waals surface area (Å²) in [6.45, 7) is 3.78. The van der Waals surface area contributed by atoms with Crippen molar-refractivity contribution in [3.63, 3.8) is 0 Å². The van der Waals surface area contributed by atoms with Gasteiger partial charge in [0.25, 0.3) is 0 Å². The van der Waals surface area contributed by atoms with Crippen molar-refractivity contribution in [3.8, 4) is 0 Å². The third-order valence-corrected chi connectivity index (χ3v) is 2.23. The highest BCUT2D eigenvalue weighted by atomic mass is 16.4. The Bertz CT molecular complexity index is 230. The normalized spacial score (nSPS) is 17.8. The van der Waals surface area contributed by atoms with Crippen LogP contribution >= 0.6 is 0 Å². The predicted octanol–water partition coefficient (Wildman–Crippen LogP) is 0.320. The van der Waals surface area contributed by atoms with E-state index in [1.165, 1.54) is 0 Å². The molecule has 5 nitrogen and oxygen atoms in total. The van der Waals surface area contributed by atoms with Crippen LogP contribution in [0.5, 0.6) is 0 Å². The molecule has 0 spiro atoms. The van der Waals surface area contributed by atoms with Crippen molar-refractivity contribution in [1.29, 1.82) is 0 Å². The van der Waals surface area contributed by atoms with Crippen molar-refractivity contribution in [2.45, 2.75) is 26.2 Å². The van der Waals surface area contributed by atoms with Gasteiger partial charge < -0.3 is 5.11 Å². The Morgan fingerprint density at radius 3 is 2.79 bits per heavy atom. The van der Waals surface area contributed by atoms with Crippen LogP contribution in [0.1, 0.15) is 26.2 Å². The van der Waals surface area contributed by atoms with Gasteiger partial charge in [-0.1, -0.05) is 6.92 Å². The van der Waals surface area contributed by atoms with Crippen molar-refractivity contribution >= 4 is 11.9 Å². The lowest BCUT2D eigenvalue weighted by atomic mass is 10.4. The highest BCUT2D eigenvalue weighted by Crippen LogP contribution is 2.12. The van der Waals surface area contributed by atoms with E-state index >= 15 is 0 Å². The Morgan fingerprint density at radius 2 is 2.21 bits per heavy atom. The van der Waals surface area contributed by atoms with Crippen LogP contribution in [0.3, 0.4) is 0 Å². The zero-order valence-corrected chi connectivity index (χ0v) is 8.40. The van der Waals surface area contributed by atoms with Crippen molar-refractivity contribution in [1.82, 2.24) is 10.0 Å². The number of carboxylic acid groups (broad SMARTS) is 1. The summed E-state index contributed by atoms with van der Waals surface area (Å²) < 4.78 is 0. The molecule has 1 aliphatic heterocycles. The lowest BCUT2D eigenvalue weighted by molar-refractivity contribution is -0.143. The molecule has 14 heavy (non-hydrogen) atoms. The second-order valence-electron chi connectivity index (χ2n) is 3.36. The number of carboxylic acids is 1. The van der Waals surface area contributed by atoms with E-state index < -0.39 is 5.97 Å². The summed E-state index contributed by atoms with van der Waals surface area (Å²) in [7, 11) is 0. The summed E-state index contributed by atoms with van der Waals surface area (Å²) in [5.74, 6) is -0.710. The molecule has 1 aliphatic rings. The number of hydrogen-bond donors (Lipinski definition) is 1. The van der Waals surface area contributed by atoms with Gasteiger partial charge in [-0.25, -0.2) is 5.01 Å². The van der Waals surface area contributed by atoms with Gasteiger partial charge in [0.15, 0.2) is 0 Å². The summed E-state index contributed by atoms with van der Waals surface area (Å²) in [4.78, 5) is 21.7. The molecule has 1 rings (SSSR count). The second-order valence-corrected chi connectivity index (χ2v) is 3.36. The first-order chi connectivity index (χ1) is 6.65. The van der Waals surface area contributed by atoms with Gasteiger partial charge in [-0.15, -0.1) is 0 Å². The maximum atomic E-state index is 11.4. The van der Waals surface area contributed by atoms with Gasteiger partial charge in [0.2, 0.25) is 5.91 Å². The number of hydrogen-bond acceptors (Lipinski definition) is 3. The molecule has 80 valence electrons. The van der Waals surface area contributed by atoms with Crippen molar-refractivity contribution in [2.75, 3.05) is 19.6 Å². The van der Waals surface area contributed by atoms with E-state index in [2.05, 4.69) is 0 Å². The van der Waals surface area contributed by atoms with Gasteiger partial charge in [0, 0.05) is 26.1 Å². The Kier molecular flexibility index (Phi) is 3.88. The first-order valence-corrected chi connectivity index (χ1v) is 4.92. The Morgan fingerprint density at radius 1 is 1.50 bits per heavy atom. The maximum absolute atomic E-state index is 11.4. The van der Waals surface area contributed by atoms with Crippen LogP contribution in [-0.2, 0) is 9.59 Å². The molecule has 1 N–H and O–H groups in total. The third kappa shape index (κ3) is 2.70. The summed E-state index contributed by atoms with van der Waals surface area (Å²) in [6.07, 6.45) is 1.50. The third-order valence-electron chi connectivity index (χ3n) is 2.23. The molecule has 0 unspecified atom stereocenters. The zero-order chi connectivity index (χ0) is 10.6. The molecule has 0 aromatic carbocycles. The SMILES string of the molecule is CCCN1C(=O)CCN1CCC(=O)O. The van der Waals surface area contributed by atoms with E-state index in [0.717, 1.165) is 6.42 Å². The van der Waals surface area contributed by atoms with E-state index in [4.69, 9.17) is 5.11 Å². The molecule has 0 aromatic heterocycles. The molecule has 0 aliphatic carbocycles. The average Bonchev–Trinajstić information content (AvgIpc) is 2.46. The average molecular weight is 200 g/mol. The lowest BCUT2D eigenvalue weighted by Gasteiger charge is -2.26. The standard InChI is InChI=1S/C9H16N2O3/c1-2-5-11-8(12)3-6-10(11)7-4-9(13)14/h2-7H2,1H3,(H,13,14). The number of amides is 1. The largest absolute Gasteiger partial charge is 0.481 e. The number of carbonyl (C=O) groups is 2. The highest BCUT2D eigenvalue weighted by Gasteiger charge is 2.27. The second kappa shape index (κ2) is 4.95. The van der Waals surface area contributed by atoms with Gasteiger partial charge in [-0.05, 0) is 6.42 Å². The lowest BCUT2D eigenvalue weighted by Crippen LogP contribution is -2.40. The molecule has 0 saturated carbocycles. The van der Waals surface area contributed by atoms with Gasteiger partial charge in [0.1, 0.15) is 0 Å². The Hall–Kier alpha value is -1.10. The molecular formula is C9H16N2O3. The molecule has 1 heterocycles. The Labute approximate surface area is 83.3 Å². The van der Waals surface area contributed by atoms with E-state index in [0.29, 0.717) is 26.1 Å². The van der Waals surface area contributed by atoms with Crippen molar-refractivity contribution < 1.29 is 14.7 Å². The fourth-order valence-electron chi connectivity index (χ4n) is 1.57. The minimum absolute atomic E-state index is 0.0908. The van der Waals surface area contributed by atoms with Crippen molar-refractivity contribution in [2.24, 2.45) is 0 Å². The summed E-state index contributed by atoms with van der Waals surface area (Å²) >= 11 is 0. The number of aliphatic carboxylic acids is 1. The number of rotatable bonds is 5. The molecule has 0 bridgehead atoms. The van der Waals surface area contributed by atoms with Gasteiger partial charge >= 0.3 is 5.97 Å². The quantitative estimate of drug-likeness (QED) is 0.694. The molecule has 5 heteroatoms. The summed E-state index contributed by atoms with van der Waals surface area (Å²) in [5, 5.41) is 12.0. The minimum atomic E-state index is -0.819. The fourth-order valence-corrected chi connectivity index (χ4v) is 1.57. The van der Waals surface area contributed by atoms with Crippen LogP contribution in [0.2, 0.25) is 0 Å². The van der Waals surface area contributed by atoms with Crippen LogP contribution in [0, 0.1) is 0 Å². The molecule has 1 amide bonds. The molecule has 0 radical (unpaired) electrons. The highest BCUT2D eigenvalue weighted by molar-refractivity contribution is 5.77. The number of carbonyl (C=O) groups excluding carboxylic acids is 1. The molecular weight excluding hydrogens is 184 g/mol. The topological polar surface area (TPSA) is 60.9 Å². The molecule has 1 saturated heterocycles. The van der Waals surface area contributed by atoms with Gasteiger partial charge in [-0.3, -0.25) is 14.6 Å². The predicted molar refractivity (Wildman–Crippen MR) is 50.4 cm³/mol. The maximum Gasteiger partial charge on any atom is 0.304 e. The van der Waals surface area contributed by atoms with Gasteiger partial charge in [-0.2, -0.15) is 0 Å². The van der Waals surface area contributed by atoms with E-state index in [1.54, 1.807) is 5.01 Å². The van der Waals surface area contributed by atoms with Gasteiger partial charge in [0.05, 0.1) is 6.42 Å². The van der Waals surface area contributed by atoms with Crippen molar-refractivity contribution in [3.05, 3.63) is 0 Å². The fraction of sp³-hybridized carbons (Fsp3) is 0.778. The number of nitrogens with zero attached hydrogens (tertiary/aromatic N) is 2.